The first kappa shape index (κ1) is 22.2. The number of Topliss-reactive ketones (excluding diaryl/α,β-unsaturated/α-hetero) is 1. The molecule has 0 saturated heterocycles. The van der Waals surface area contributed by atoms with E-state index in [0.717, 1.165) is 21.3 Å². The van der Waals surface area contributed by atoms with E-state index < -0.39 is 17.0 Å². The second kappa shape index (κ2) is 9.57. The third-order valence-corrected chi connectivity index (χ3v) is 5.32. The summed E-state index contributed by atoms with van der Waals surface area (Å²) in [5.74, 6) is -0.524. The van der Waals surface area contributed by atoms with Crippen LogP contribution in [0.25, 0.3) is 0 Å². The third-order valence-electron chi connectivity index (χ3n) is 5.32. The highest BCUT2D eigenvalue weighted by Crippen LogP contribution is 2.22. The minimum absolute atomic E-state index is 0.0756. The number of nitrogens with one attached hydrogen (secondary N) is 1. The van der Waals surface area contributed by atoms with Crippen molar-refractivity contribution in [2.24, 2.45) is 7.05 Å². The van der Waals surface area contributed by atoms with Gasteiger partial charge in [-0.1, -0.05) is 67.1 Å². The van der Waals surface area contributed by atoms with Crippen LogP contribution in [-0.4, -0.2) is 21.5 Å². The lowest BCUT2D eigenvalue weighted by Gasteiger charge is -2.20. The fourth-order valence-corrected chi connectivity index (χ4v) is 3.60. The summed E-state index contributed by atoms with van der Waals surface area (Å²) in [7, 11) is 1.36. The molecule has 3 rings (SSSR count). The van der Waals surface area contributed by atoms with Gasteiger partial charge < -0.3 is 5.73 Å². The first-order valence-electron chi connectivity index (χ1n) is 10.3. The molecule has 1 aromatic heterocycles. The molecule has 0 amide bonds. The fraction of sp³-hybridized carbons (Fsp3) is 0.292. The molecule has 7 heteroatoms. The number of nitrogen functional groups attached to an aromatic ring is 1. The number of carbonyl (C=O) groups is 1. The maximum absolute atomic E-state index is 13.1. The van der Waals surface area contributed by atoms with Gasteiger partial charge in [-0.05, 0) is 24.5 Å². The maximum atomic E-state index is 13.1. The molecule has 0 unspecified atom stereocenters. The van der Waals surface area contributed by atoms with Crippen molar-refractivity contribution in [1.82, 2.24) is 14.5 Å². The quantitative estimate of drug-likeness (QED) is 0.545. The number of ketones is 1. The molecule has 162 valence electrons. The topological polar surface area (TPSA) is 99.1 Å². The van der Waals surface area contributed by atoms with E-state index in [4.69, 9.17) is 5.73 Å². The van der Waals surface area contributed by atoms with Gasteiger partial charge in [0.1, 0.15) is 11.4 Å². The summed E-state index contributed by atoms with van der Waals surface area (Å²) in [5.41, 5.74) is 7.88. The summed E-state index contributed by atoms with van der Waals surface area (Å²) in [6.07, 6.45) is 0.650. The summed E-state index contributed by atoms with van der Waals surface area (Å²) in [4.78, 5) is 38.1. The minimum Gasteiger partial charge on any atom is -0.384 e. The van der Waals surface area contributed by atoms with Crippen LogP contribution in [0.3, 0.4) is 0 Å². The SMILES string of the molecule is CCCn1c(N)c(C(=O)CN[C@H](c2ccccc2)c2ccc(C)cc2)c(=O)n(C)c1=O. The molecule has 3 N–H and O–H groups in total. The average molecular weight is 421 g/mol. The number of aromatic nitrogens is 2. The van der Waals surface area contributed by atoms with Crippen LogP contribution in [0.5, 0.6) is 0 Å². The Balaban J connectivity index is 1.94. The van der Waals surface area contributed by atoms with Gasteiger partial charge in [-0.3, -0.25) is 24.0 Å². The van der Waals surface area contributed by atoms with Crippen LogP contribution in [0.4, 0.5) is 5.82 Å². The van der Waals surface area contributed by atoms with Crippen LogP contribution in [0.15, 0.2) is 64.2 Å². The van der Waals surface area contributed by atoms with Crippen LogP contribution in [0.1, 0.15) is 46.4 Å². The summed E-state index contributed by atoms with van der Waals surface area (Å²) < 4.78 is 2.22. The lowest BCUT2D eigenvalue weighted by molar-refractivity contribution is 0.0986. The van der Waals surface area contributed by atoms with E-state index in [2.05, 4.69) is 5.32 Å². The van der Waals surface area contributed by atoms with E-state index in [1.807, 2.05) is 68.4 Å². The van der Waals surface area contributed by atoms with Crippen LogP contribution in [0.2, 0.25) is 0 Å². The fourth-order valence-electron chi connectivity index (χ4n) is 3.60. The Labute approximate surface area is 181 Å². The first-order chi connectivity index (χ1) is 14.8. The number of hydrogen-bond donors (Lipinski definition) is 2. The molecule has 0 bridgehead atoms. The molecule has 0 saturated carbocycles. The van der Waals surface area contributed by atoms with Gasteiger partial charge in [0, 0.05) is 13.6 Å². The smallest absolute Gasteiger partial charge is 0.332 e. The molecule has 2 aromatic carbocycles. The van der Waals surface area contributed by atoms with Gasteiger partial charge in [-0.25, -0.2) is 4.79 Å². The van der Waals surface area contributed by atoms with Crippen molar-refractivity contribution in [3.63, 3.8) is 0 Å². The molecule has 7 nitrogen and oxygen atoms in total. The standard InChI is InChI=1S/C24H28N4O3/c1-4-14-28-22(25)20(23(30)27(3)24(28)31)19(29)15-26-21(17-8-6-5-7-9-17)18-12-10-16(2)11-13-18/h5-13,21,26H,4,14-15,25H2,1-3H3/t21-/m1/s1. The van der Waals surface area contributed by atoms with Gasteiger partial charge in [-0.15, -0.1) is 0 Å². The Kier molecular flexibility index (Phi) is 6.87. The van der Waals surface area contributed by atoms with Crippen molar-refractivity contribution < 1.29 is 4.79 Å². The predicted molar refractivity (Wildman–Crippen MR) is 122 cm³/mol. The molecule has 3 aromatic rings. The first-order valence-corrected chi connectivity index (χ1v) is 10.3. The summed E-state index contributed by atoms with van der Waals surface area (Å²) >= 11 is 0. The van der Waals surface area contributed by atoms with E-state index in [1.54, 1.807) is 0 Å². The van der Waals surface area contributed by atoms with Crippen LogP contribution < -0.4 is 22.3 Å². The lowest BCUT2D eigenvalue weighted by atomic mass is 9.97. The number of aryl methyl sites for hydroxylation is 1. The van der Waals surface area contributed by atoms with Crippen molar-refractivity contribution in [1.29, 1.82) is 0 Å². The molecule has 31 heavy (non-hydrogen) atoms. The normalized spacial score (nSPS) is 12.0. The van der Waals surface area contributed by atoms with Crippen molar-refractivity contribution in [3.05, 3.63) is 97.7 Å². The molecule has 0 aliphatic rings. The van der Waals surface area contributed by atoms with Gasteiger partial charge in [0.25, 0.3) is 5.56 Å². The van der Waals surface area contributed by atoms with Gasteiger partial charge in [0.05, 0.1) is 12.6 Å². The van der Waals surface area contributed by atoms with Gasteiger partial charge in [-0.2, -0.15) is 0 Å². The number of benzene rings is 2. The van der Waals surface area contributed by atoms with Gasteiger partial charge >= 0.3 is 5.69 Å². The van der Waals surface area contributed by atoms with Crippen molar-refractivity contribution >= 4 is 11.6 Å². The zero-order valence-corrected chi connectivity index (χ0v) is 18.1. The molecule has 0 fully saturated rings. The Hall–Kier alpha value is -3.45. The summed E-state index contributed by atoms with van der Waals surface area (Å²) in [6, 6.07) is 17.6. The van der Waals surface area contributed by atoms with E-state index in [-0.39, 0.29) is 24.0 Å². The molecule has 0 aliphatic heterocycles. The number of nitrogens with two attached hydrogens (primary N) is 1. The molecule has 1 heterocycles. The number of anilines is 1. The number of carbonyl (C=O) groups excluding carboxylic acids is 1. The van der Waals surface area contributed by atoms with Crippen molar-refractivity contribution in [2.75, 3.05) is 12.3 Å². The van der Waals surface area contributed by atoms with Crippen LogP contribution >= 0.6 is 0 Å². The van der Waals surface area contributed by atoms with Crippen LogP contribution in [0, 0.1) is 6.92 Å². The zero-order chi connectivity index (χ0) is 22.5. The Morgan fingerprint density at radius 3 is 2.26 bits per heavy atom. The predicted octanol–water partition coefficient (Wildman–Crippen LogP) is 2.41. The zero-order valence-electron chi connectivity index (χ0n) is 18.1. The van der Waals surface area contributed by atoms with E-state index >= 15 is 0 Å². The summed E-state index contributed by atoms with van der Waals surface area (Å²) in [6.45, 7) is 4.15. The number of nitrogens with zero attached hydrogens (tertiary/aromatic N) is 2. The van der Waals surface area contributed by atoms with Crippen molar-refractivity contribution in [3.8, 4) is 0 Å². The van der Waals surface area contributed by atoms with Crippen molar-refractivity contribution in [2.45, 2.75) is 32.9 Å². The lowest BCUT2D eigenvalue weighted by Crippen LogP contribution is -2.44. The third kappa shape index (κ3) is 4.67. The molecule has 0 aliphatic carbocycles. The largest absolute Gasteiger partial charge is 0.384 e. The van der Waals surface area contributed by atoms with Crippen LogP contribution in [-0.2, 0) is 13.6 Å². The number of hydrogen-bond acceptors (Lipinski definition) is 5. The highest BCUT2D eigenvalue weighted by Gasteiger charge is 2.23. The van der Waals surface area contributed by atoms with Gasteiger partial charge in [0.2, 0.25) is 0 Å². The Bertz CT molecular complexity index is 1180. The Morgan fingerprint density at radius 1 is 1.03 bits per heavy atom. The van der Waals surface area contributed by atoms with Gasteiger partial charge in [0.15, 0.2) is 5.78 Å². The average Bonchev–Trinajstić information content (AvgIpc) is 2.77. The molecule has 1 atom stereocenters. The minimum atomic E-state index is -0.673. The summed E-state index contributed by atoms with van der Waals surface area (Å²) in [5, 5.41) is 3.27. The van der Waals surface area contributed by atoms with E-state index in [0.29, 0.717) is 13.0 Å². The molecular weight excluding hydrogens is 392 g/mol. The highest BCUT2D eigenvalue weighted by atomic mass is 16.2. The second-order valence-electron chi connectivity index (χ2n) is 7.62. The molecule has 0 radical (unpaired) electrons. The highest BCUT2D eigenvalue weighted by molar-refractivity contribution is 6.01. The molecule has 0 spiro atoms. The monoisotopic (exact) mass is 420 g/mol. The second-order valence-corrected chi connectivity index (χ2v) is 7.62. The Morgan fingerprint density at radius 2 is 1.65 bits per heavy atom. The number of rotatable bonds is 8. The maximum Gasteiger partial charge on any atom is 0.332 e. The van der Waals surface area contributed by atoms with E-state index in [1.165, 1.54) is 11.6 Å². The molecular formula is C24H28N4O3. The van der Waals surface area contributed by atoms with E-state index in [9.17, 15) is 14.4 Å².